The predicted octanol–water partition coefficient (Wildman–Crippen LogP) is 4.70. The van der Waals surface area contributed by atoms with Crippen LogP contribution in [-0.4, -0.2) is 52.4 Å². The minimum Gasteiger partial charge on any atom is -0.497 e. The summed E-state index contributed by atoms with van der Waals surface area (Å²) in [7, 11) is 3.23. The van der Waals surface area contributed by atoms with Crippen LogP contribution < -0.4 is 33.9 Å². The highest BCUT2D eigenvalue weighted by Gasteiger charge is 2.25. The molecule has 9 nitrogen and oxygen atoms in total. The molecule has 0 aromatic heterocycles. The fourth-order valence-corrected chi connectivity index (χ4v) is 3.93. The first-order chi connectivity index (χ1) is 18.6. The predicted molar refractivity (Wildman–Crippen MR) is 144 cm³/mol. The molecule has 2 amide bonds. The van der Waals surface area contributed by atoms with Gasteiger partial charge in [0.25, 0.3) is 5.91 Å². The van der Waals surface area contributed by atoms with Gasteiger partial charge in [-0.1, -0.05) is 0 Å². The molecule has 4 rings (SSSR count). The number of fused-ring (bicyclic) bond motifs is 1. The van der Waals surface area contributed by atoms with Crippen molar-refractivity contribution in [1.29, 1.82) is 0 Å². The number of methoxy groups -OCH3 is 2. The van der Waals surface area contributed by atoms with Gasteiger partial charge >= 0.3 is 0 Å². The topological polar surface area (TPSA) is 95.6 Å². The van der Waals surface area contributed by atoms with Crippen molar-refractivity contribution in [1.82, 2.24) is 0 Å². The SMILES string of the molecule is COc1ccc(OCCCC(=O)Nc2ccc3c(c2)N(CCCOc2ccc(OC)cc2)C(=O)CO3)cc1. The first kappa shape index (κ1) is 26.7. The fourth-order valence-electron chi connectivity index (χ4n) is 3.93. The van der Waals surface area contributed by atoms with Gasteiger partial charge in [-0.15, -0.1) is 0 Å². The number of carbonyl (C=O) groups is 2. The Morgan fingerprint density at radius 1 is 0.842 bits per heavy atom. The number of rotatable bonds is 13. The molecule has 1 aliphatic heterocycles. The average molecular weight is 521 g/mol. The van der Waals surface area contributed by atoms with E-state index >= 15 is 0 Å². The Hall–Kier alpha value is -4.40. The first-order valence-corrected chi connectivity index (χ1v) is 12.5. The third kappa shape index (κ3) is 7.32. The number of amides is 2. The van der Waals surface area contributed by atoms with Gasteiger partial charge in [0.2, 0.25) is 5.91 Å². The first-order valence-electron chi connectivity index (χ1n) is 12.5. The van der Waals surface area contributed by atoms with Crippen LogP contribution in [0.4, 0.5) is 11.4 Å². The van der Waals surface area contributed by atoms with Crippen molar-refractivity contribution in [3.8, 4) is 28.7 Å². The van der Waals surface area contributed by atoms with Crippen LogP contribution in [0.25, 0.3) is 0 Å². The molecule has 0 saturated heterocycles. The standard InChI is InChI=1S/C29H32N2O7/c1-34-22-7-11-24(12-8-22)36-17-3-5-28(32)30-21-6-15-27-26(19-21)31(29(33)20-38-27)16-4-18-37-25-13-9-23(35-2)10-14-25/h6-15,19H,3-5,16-18,20H2,1-2H3,(H,30,32). The molecule has 1 N–H and O–H groups in total. The van der Waals surface area contributed by atoms with E-state index in [-0.39, 0.29) is 18.4 Å². The van der Waals surface area contributed by atoms with Crippen molar-refractivity contribution in [2.24, 2.45) is 0 Å². The van der Waals surface area contributed by atoms with Crippen LogP contribution in [0.2, 0.25) is 0 Å². The molecule has 38 heavy (non-hydrogen) atoms. The Morgan fingerprint density at radius 2 is 1.42 bits per heavy atom. The molecule has 0 unspecified atom stereocenters. The summed E-state index contributed by atoms with van der Waals surface area (Å²) in [6.45, 7) is 1.30. The zero-order valence-corrected chi connectivity index (χ0v) is 21.6. The van der Waals surface area contributed by atoms with Crippen LogP contribution in [0, 0.1) is 0 Å². The lowest BCUT2D eigenvalue weighted by atomic mass is 10.2. The van der Waals surface area contributed by atoms with Gasteiger partial charge in [-0.3, -0.25) is 9.59 Å². The van der Waals surface area contributed by atoms with Crippen molar-refractivity contribution < 1.29 is 33.3 Å². The van der Waals surface area contributed by atoms with E-state index in [9.17, 15) is 9.59 Å². The maximum atomic E-state index is 12.6. The molecule has 9 heteroatoms. The summed E-state index contributed by atoms with van der Waals surface area (Å²) in [5, 5.41) is 2.90. The van der Waals surface area contributed by atoms with Crippen LogP contribution >= 0.6 is 0 Å². The largest absolute Gasteiger partial charge is 0.497 e. The van der Waals surface area contributed by atoms with E-state index in [2.05, 4.69) is 5.32 Å². The molecule has 0 atom stereocenters. The van der Waals surface area contributed by atoms with E-state index in [1.165, 1.54) is 0 Å². The molecule has 0 bridgehead atoms. The zero-order valence-electron chi connectivity index (χ0n) is 21.6. The van der Waals surface area contributed by atoms with E-state index in [0.717, 1.165) is 23.0 Å². The summed E-state index contributed by atoms with van der Waals surface area (Å²) < 4.78 is 27.3. The lowest BCUT2D eigenvalue weighted by molar-refractivity contribution is -0.121. The second-order valence-corrected chi connectivity index (χ2v) is 8.57. The van der Waals surface area contributed by atoms with Crippen molar-refractivity contribution in [2.45, 2.75) is 19.3 Å². The van der Waals surface area contributed by atoms with Crippen molar-refractivity contribution in [3.63, 3.8) is 0 Å². The smallest absolute Gasteiger partial charge is 0.265 e. The lowest BCUT2D eigenvalue weighted by Gasteiger charge is -2.30. The van der Waals surface area contributed by atoms with Gasteiger partial charge in [0.1, 0.15) is 28.7 Å². The normalized spacial score (nSPS) is 12.3. The minimum atomic E-state index is -0.138. The van der Waals surface area contributed by atoms with Gasteiger partial charge in [-0.25, -0.2) is 0 Å². The maximum absolute atomic E-state index is 12.6. The molecule has 1 aliphatic rings. The second kappa shape index (κ2) is 13.2. The molecule has 1 heterocycles. The van der Waals surface area contributed by atoms with Crippen molar-refractivity contribution >= 4 is 23.2 Å². The van der Waals surface area contributed by atoms with E-state index in [0.29, 0.717) is 56.1 Å². The highest BCUT2D eigenvalue weighted by molar-refractivity contribution is 5.99. The van der Waals surface area contributed by atoms with Crippen LogP contribution in [0.1, 0.15) is 19.3 Å². The molecule has 0 aliphatic carbocycles. The van der Waals surface area contributed by atoms with E-state index < -0.39 is 0 Å². The molecule has 200 valence electrons. The van der Waals surface area contributed by atoms with Crippen LogP contribution in [-0.2, 0) is 9.59 Å². The quantitative estimate of drug-likeness (QED) is 0.327. The number of carbonyl (C=O) groups excluding carboxylic acids is 2. The molecule has 0 saturated carbocycles. The zero-order chi connectivity index (χ0) is 26.7. The molecular formula is C29H32N2O7. The van der Waals surface area contributed by atoms with E-state index in [1.807, 2.05) is 48.5 Å². The number of ether oxygens (including phenoxy) is 5. The van der Waals surface area contributed by atoms with Gasteiger partial charge in [-0.05, 0) is 79.6 Å². The van der Waals surface area contributed by atoms with Crippen LogP contribution in [0.15, 0.2) is 66.7 Å². The Bertz CT molecular complexity index is 1210. The molecular weight excluding hydrogens is 488 g/mol. The van der Waals surface area contributed by atoms with Crippen molar-refractivity contribution in [3.05, 3.63) is 66.7 Å². The van der Waals surface area contributed by atoms with E-state index in [1.54, 1.807) is 37.3 Å². The Labute approximate surface area is 222 Å². The summed E-state index contributed by atoms with van der Waals surface area (Å²) in [6.07, 6.45) is 1.49. The Balaban J connectivity index is 1.25. The second-order valence-electron chi connectivity index (χ2n) is 8.57. The van der Waals surface area contributed by atoms with Gasteiger partial charge < -0.3 is 33.9 Å². The molecule has 0 radical (unpaired) electrons. The van der Waals surface area contributed by atoms with Gasteiger partial charge in [0.05, 0.1) is 33.1 Å². The monoisotopic (exact) mass is 520 g/mol. The fraction of sp³-hybridized carbons (Fsp3) is 0.310. The van der Waals surface area contributed by atoms with E-state index in [4.69, 9.17) is 23.7 Å². The maximum Gasteiger partial charge on any atom is 0.265 e. The summed E-state index contributed by atoms with van der Waals surface area (Å²) in [6, 6.07) is 20.0. The number of anilines is 2. The van der Waals surface area contributed by atoms with Crippen molar-refractivity contribution in [2.75, 3.05) is 50.8 Å². The summed E-state index contributed by atoms with van der Waals surface area (Å²) in [4.78, 5) is 26.8. The Kier molecular flexibility index (Phi) is 9.28. The minimum absolute atomic E-state index is 0.0216. The molecule has 0 fully saturated rings. The molecule has 3 aromatic carbocycles. The summed E-state index contributed by atoms with van der Waals surface area (Å²) in [5.74, 6) is 3.31. The Morgan fingerprint density at radius 3 is 2.03 bits per heavy atom. The highest BCUT2D eigenvalue weighted by Crippen LogP contribution is 2.34. The third-order valence-corrected chi connectivity index (χ3v) is 5.92. The highest BCUT2D eigenvalue weighted by atomic mass is 16.5. The molecule has 0 spiro atoms. The van der Waals surface area contributed by atoms with Gasteiger partial charge in [-0.2, -0.15) is 0 Å². The van der Waals surface area contributed by atoms with Crippen LogP contribution in [0.5, 0.6) is 28.7 Å². The number of hydrogen-bond donors (Lipinski definition) is 1. The summed E-state index contributed by atoms with van der Waals surface area (Å²) in [5.41, 5.74) is 1.23. The van der Waals surface area contributed by atoms with Gasteiger partial charge in [0, 0.05) is 18.7 Å². The van der Waals surface area contributed by atoms with Crippen LogP contribution in [0.3, 0.4) is 0 Å². The molecule has 3 aromatic rings. The number of benzene rings is 3. The lowest BCUT2D eigenvalue weighted by Crippen LogP contribution is -2.39. The summed E-state index contributed by atoms with van der Waals surface area (Å²) >= 11 is 0. The third-order valence-electron chi connectivity index (χ3n) is 5.92. The average Bonchev–Trinajstić information content (AvgIpc) is 2.95. The number of hydrogen-bond acceptors (Lipinski definition) is 7. The number of nitrogens with one attached hydrogen (secondary N) is 1. The van der Waals surface area contributed by atoms with Gasteiger partial charge in [0.15, 0.2) is 6.61 Å². The number of nitrogens with zero attached hydrogens (tertiary/aromatic N) is 1.